The molecule has 3 aromatic heterocycles. The van der Waals surface area contributed by atoms with E-state index >= 15 is 0 Å². The lowest BCUT2D eigenvalue weighted by Gasteiger charge is -2.04. The van der Waals surface area contributed by atoms with E-state index < -0.39 is 0 Å². The highest BCUT2D eigenvalue weighted by Crippen LogP contribution is 2.43. The summed E-state index contributed by atoms with van der Waals surface area (Å²) < 4.78 is 13.3. The molecule has 0 radical (unpaired) electrons. The molecule has 0 amide bonds. The number of thiophene rings is 1. The molecule has 3 heterocycles. The third-order valence-corrected chi connectivity index (χ3v) is 4.96. The smallest absolute Gasteiger partial charge is 0.341 e. The van der Waals surface area contributed by atoms with Crippen molar-refractivity contribution in [2.24, 2.45) is 0 Å². The number of ketones is 1. The van der Waals surface area contributed by atoms with Crippen LogP contribution in [0.15, 0.2) is 18.3 Å². The standard InChI is InChI=1S/C17H17NO4S/c1-5-22-17(20)12-11-8-9(2)6-7-18(11)13-14(21-4)15(10(3)19)23-16(12)13/h6-8H,5H2,1-4H3. The lowest BCUT2D eigenvalue weighted by atomic mass is 10.2. The lowest BCUT2D eigenvalue weighted by molar-refractivity contribution is 0.0531. The Morgan fingerprint density at radius 3 is 2.70 bits per heavy atom. The molecule has 0 bridgehead atoms. The van der Waals surface area contributed by atoms with Crippen LogP contribution >= 0.6 is 11.3 Å². The lowest BCUT2D eigenvalue weighted by Crippen LogP contribution is -2.04. The van der Waals surface area contributed by atoms with Gasteiger partial charge in [-0.1, -0.05) is 0 Å². The average molecular weight is 331 g/mol. The predicted octanol–water partition coefficient (Wildman–Crippen LogP) is 3.85. The number of carbonyl (C=O) groups is 2. The van der Waals surface area contributed by atoms with Gasteiger partial charge in [-0.15, -0.1) is 11.3 Å². The van der Waals surface area contributed by atoms with E-state index in [-0.39, 0.29) is 11.8 Å². The second-order valence-electron chi connectivity index (χ2n) is 5.25. The fraction of sp³-hybridized carbons (Fsp3) is 0.294. The Balaban J connectivity index is 2.48. The number of rotatable bonds is 4. The maximum Gasteiger partial charge on any atom is 0.341 e. The molecule has 0 aromatic carbocycles. The molecule has 0 fully saturated rings. The van der Waals surface area contributed by atoms with Crippen molar-refractivity contribution in [1.29, 1.82) is 0 Å². The summed E-state index contributed by atoms with van der Waals surface area (Å²) in [7, 11) is 1.53. The molecule has 0 aliphatic carbocycles. The Morgan fingerprint density at radius 1 is 1.35 bits per heavy atom. The first kappa shape index (κ1) is 15.6. The molecule has 23 heavy (non-hydrogen) atoms. The van der Waals surface area contributed by atoms with Crippen molar-refractivity contribution in [2.45, 2.75) is 20.8 Å². The zero-order valence-electron chi connectivity index (χ0n) is 13.4. The van der Waals surface area contributed by atoms with Crippen LogP contribution in [0.1, 0.15) is 39.4 Å². The summed E-state index contributed by atoms with van der Waals surface area (Å²) >= 11 is 1.27. The summed E-state index contributed by atoms with van der Waals surface area (Å²) in [5.41, 5.74) is 3.03. The molecule has 0 atom stereocenters. The van der Waals surface area contributed by atoms with Gasteiger partial charge in [-0.05, 0) is 31.5 Å². The van der Waals surface area contributed by atoms with Gasteiger partial charge in [-0.3, -0.25) is 4.79 Å². The second-order valence-corrected chi connectivity index (χ2v) is 6.27. The molecular formula is C17H17NO4S. The quantitative estimate of drug-likeness (QED) is 0.538. The van der Waals surface area contributed by atoms with Crippen LogP contribution in [0.25, 0.3) is 15.7 Å². The molecule has 0 saturated carbocycles. The van der Waals surface area contributed by atoms with E-state index in [9.17, 15) is 9.59 Å². The number of aromatic nitrogens is 1. The minimum atomic E-state index is -0.385. The van der Waals surface area contributed by atoms with Crippen molar-refractivity contribution < 1.29 is 19.1 Å². The van der Waals surface area contributed by atoms with Crippen molar-refractivity contribution in [2.75, 3.05) is 13.7 Å². The highest BCUT2D eigenvalue weighted by molar-refractivity contribution is 7.21. The molecule has 3 rings (SSSR count). The summed E-state index contributed by atoms with van der Waals surface area (Å²) in [6.45, 7) is 5.53. The Morgan fingerprint density at radius 2 is 2.09 bits per heavy atom. The van der Waals surface area contributed by atoms with Crippen molar-refractivity contribution in [3.05, 3.63) is 34.3 Å². The van der Waals surface area contributed by atoms with Crippen molar-refractivity contribution in [3.63, 3.8) is 0 Å². The van der Waals surface area contributed by atoms with E-state index in [4.69, 9.17) is 9.47 Å². The van der Waals surface area contributed by atoms with E-state index in [1.165, 1.54) is 25.4 Å². The van der Waals surface area contributed by atoms with Gasteiger partial charge in [0.25, 0.3) is 0 Å². The van der Waals surface area contributed by atoms with Gasteiger partial charge in [-0.2, -0.15) is 0 Å². The van der Waals surface area contributed by atoms with E-state index in [1.54, 1.807) is 6.92 Å². The Kier molecular flexibility index (Phi) is 3.85. The summed E-state index contributed by atoms with van der Waals surface area (Å²) in [5, 5.41) is 0. The number of esters is 1. The van der Waals surface area contributed by atoms with Gasteiger partial charge in [0.2, 0.25) is 0 Å². The van der Waals surface area contributed by atoms with Gasteiger partial charge < -0.3 is 13.9 Å². The summed E-state index contributed by atoms with van der Waals surface area (Å²) in [6, 6.07) is 3.89. The molecule has 6 heteroatoms. The molecule has 0 spiro atoms. The van der Waals surface area contributed by atoms with Gasteiger partial charge in [0.05, 0.1) is 23.9 Å². The predicted molar refractivity (Wildman–Crippen MR) is 90.0 cm³/mol. The van der Waals surface area contributed by atoms with E-state index in [1.807, 2.05) is 29.7 Å². The minimum Gasteiger partial charge on any atom is -0.493 e. The maximum absolute atomic E-state index is 12.5. The van der Waals surface area contributed by atoms with Crippen LogP contribution in [-0.4, -0.2) is 29.9 Å². The van der Waals surface area contributed by atoms with Crippen molar-refractivity contribution in [1.82, 2.24) is 4.40 Å². The summed E-state index contributed by atoms with van der Waals surface area (Å²) in [6.07, 6.45) is 1.88. The SMILES string of the molecule is CCOC(=O)c1c2sc(C(C)=O)c(OC)c2n2ccc(C)cc12. The van der Waals surface area contributed by atoms with Crippen LogP contribution in [0.4, 0.5) is 0 Å². The number of aryl methyl sites for hydroxylation is 1. The van der Waals surface area contributed by atoms with Crippen LogP contribution in [0.3, 0.4) is 0 Å². The number of pyridine rings is 1. The summed E-state index contributed by atoms with van der Waals surface area (Å²) in [4.78, 5) is 24.9. The number of carbonyl (C=O) groups excluding carboxylic acids is 2. The van der Waals surface area contributed by atoms with Crippen molar-refractivity contribution >= 4 is 38.8 Å². The van der Waals surface area contributed by atoms with Crippen LogP contribution in [0, 0.1) is 6.92 Å². The number of Topliss-reactive ketones (excluding diaryl/α,β-unsaturated/α-hetero) is 1. The van der Waals surface area contributed by atoms with Crippen LogP contribution in [0.5, 0.6) is 5.75 Å². The highest BCUT2D eigenvalue weighted by Gasteiger charge is 2.27. The zero-order valence-corrected chi connectivity index (χ0v) is 14.2. The first-order valence-electron chi connectivity index (χ1n) is 7.28. The molecular weight excluding hydrogens is 314 g/mol. The van der Waals surface area contributed by atoms with Gasteiger partial charge in [0.15, 0.2) is 11.5 Å². The van der Waals surface area contributed by atoms with E-state index in [2.05, 4.69) is 0 Å². The number of fused-ring (bicyclic) bond motifs is 3. The number of nitrogens with zero attached hydrogens (tertiary/aromatic N) is 1. The van der Waals surface area contributed by atoms with Crippen LogP contribution in [-0.2, 0) is 4.74 Å². The third kappa shape index (κ3) is 2.30. The molecule has 3 aromatic rings. The topological polar surface area (TPSA) is 57.0 Å². The van der Waals surface area contributed by atoms with Gasteiger partial charge in [-0.25, -0.2) is 4.79 Å². The number of methoxy groups -OCH3 is 1. The Bertz CT molecular complexity index is 935. The third-order valence-electron chi connectivity index (χ3n) is 3.68. The zero-order chi connectivity index (χ0) is 16.7. The molecule has 5 nitrogen and oxygen atoms in total. The maximum atomic E-state index is 12.5. The molecule has 0 N–H and O–H groups in total. The van der Waals surface area contributed by atoms with Crippen LogP contribution < -0.4 is 4.74 Å². The first-order chi connectivity index (χ1) is 11.0. The van der Waals surface area contributed by atoms with E-state index in [0.717, 1.165) is 21.3 Å². The largest absolute Gasteiger partial charge is 0.493 e. The van der Waals surface area contributed by atoms with Gasteiger partial charge >= 0.3 is 5.97 Å². The fourth-order valence-corrected chi connectivity index (χ4v) is 3.93. The first-order valence-corrected chi connectivity index (χ1v) is 8.10. The van der Waals surface area contributed by atoms with Gasteiger partial charge in [0, 0.05) is 13.1 Å². The fourth-order valence-electron chi connectivity index (χ4n) is 2.73. The normalized spacial score (nSPS) is 11.1. The average Bonchev–Trinajstić information content (AvgIpc) is 3.00. The monoisotopic (exact) mass is 331 g/mol. The van der Waals surface area contributed by atoms with Crippen LogP contribution in [0.2, 0.25) is 0 Å². The molecule has 120 valence electrons. The minimum absolute atomic E-state index is 0.0845. The highest BCUT2D eigenvalue weighted by atomic mass is 32.1. The molecule has 0 aliphatic heterocycles. The molecule has 0 aliphatic rings. The van der Waals surface area contributed by atoms with E-state index in [0.29, 0.717) is 22.8 Å². The number of hydrogen-bond donors (Lipinski definition) is 0. The second kappa shape index (κ2) is 5.70. The Hall–Kier alpha value is -2.34. The number of ether oxygens (including phenoxy) is 2. The number of hydrogen-bond acceptors (Lipinski definition) is 5. The summed E-state index contributed by atoms with van der Waals surface area (Å²) in [5.74, 6) is 0.0372. The Labute approximate surface area is 137 Å². The molecule has 0 saturated heterocycles. The van der Waals surface area contributed by atoms with Crippen molar-refractivity contribution in [3.8, 4) is 5.75 Å². The molecule has 0 unspecified atom stereocenters. The van der Waals surface area contributed by atoms with Gasteiger partial charge in [0.1, 0.15) is 16.0 Å².